The highest BCUT2D eigenvalue weighted by Gasteiger charge is 2.07. The van der Waals surface area contributed by atoms with Gasteiger partial charge in [0.15, 0.2) is 0 Å². The molecule has 74 valence electrons. The lowest BCUT2D eigenvalue weighted by molar-refractivity contribution is 0.496. The van der Waals surface area contributed by atoms with Gasteiger partial charge in [-0.1, -0.05) is 6.92 Å². The number of hydrogen-bond acceptors (Lipinski definition) is 3. The number of rotatable bonds is 5. The molecule has 2 N–H and O–H groups in total. The van der Waals surface area contributed by atoms with Crippen LogP contribution in [0.3, 0.4) is 0 Å². The van der Waals surface area contributed by atoms with Gasteiger partial charge in [-0.3, -0.25) is 4.68 Å². The molecule has 1 unspecified atom stereocenters. The first kappa shape index (κ1) is 10.2. The summed E-state index contributed by atoms with van der Waals surface area (Å²) in [5, 5.41) is 4.12. The summed E-state index contributed by atoms with van der Waals surface area (Å²) >= 11 is 0. The molecule has 13 heavy (non-hydrogen) atoms. The van der Waals surface area contributed by atoms with Crippen LogP contribution in [-0.2, 0) is 13.0 Å². The third kappa shape index (κ3) is 2.81. The van der Waals surface area contributed by atoms with Gasteiger partial charge >= 0.3 is 0 Å². The Morgan fingerprint density at radius 3 is 3.00 bits per heavy atom. The van der Waals surface area contributed by atoms with Crippen molar-refractivity contribution >= 4 is 0 Å². The second kappa shape index (κ2) is 4.97. The molecule has 0 aliphatic rings. The van der Waals surface area contributed by atoms with Gasteiger partial charge in [-0.15, -0.1) is 0 Å². The maximum absolute atomic E-state index is 5.49. The fraction of sp³-hybridized carbons (Fsp3) is 0.778. The Balaban J connectivity index is 2.52. The van der Waals surface area contributed by atoms with Gasteiger partial charge in [-0.05, 0) is 25.8 Å². The van der Waals surface area contributed by atoms with Crippen molar-refractivity contribution in [1.82, 2.24) is 14.8 Å². The Morgan fingerprint density at radius 2 is 2.38 bits per heavy atom. The van der Waals surface area contributed by atoms with Crippen molar-refractivity contribution in [3.05, 3.63) is 12.2 Å². The van der Waals surface area contributed by atoms with E-state index in [1.54, 1.807) is 6.33 Å². The fourth-order valence-electron chi connectivity index (χ4n) is 1.41. The quantitative estimate of drug-likeness (QED) is 0.733. The Hall–Kier alpha value is -0.900. The van der Waals surface area contributed by atoms with Crippen molar-refractivity contribution in [3.63, 3.8) is 0 Å². The summed E-state index contributed by atoms with van der Waals surface area (Å²) in [6, 6.07) is 0. The van der Waals surface area contributed by atoms with Gasteiger partial charge in [0.2, 0.25) is 0 Å². The number of nitrogens with zero attached hydrogens (tertiary/aromatic N) is 3. The van der Waals surface area contributed by atoms with Gasteiger partial charge in [0.25, 0.3) is 0 Å². The van der Waals surface area contributed by atoms with Crippen LogP contribution in [-0.4, -0.2) is 21.3 Å². The van der Waals surface area contributed by atoms with E-state index in [4.69, 9.17) is 5.73 Å². The predicted molar refractivity (Wildman–Crippen MR) is 52.2 cm³/mol. The van der Waals surface area contributed by atoms with Gasteiger partial charge in [0.1, 0.15) is 12.2 Å². The SMILES string of the molecule is CCn1ncnc1CC(C)CCN. The topological polar surface area (TPSA) is 56.7 Å². The van der Waals surface area contributed by atoms with E-state index >= 15 is 0 Å². The normalized spacial score (nSPS) is 13.2. The van der Waals surface area contributed by atoms with E-state index in [1.807, 2.05) is 4.68 Å². The van der Waals surface area contributed by atoms with Crippen molar-refractivity contribution in [2.24, 2.45) is 11.7 Å². The minimum absolute atomic E-state index is 0.597. The first-order valence-electron chi connectivity index (χ1n) is 4.84. The van der Waals surface area contributed by atoms with Gasteiger partial charge in [-0.2, -0.15) is 5.10 Å². The van der Waals surface area contributed by atoms with Crippen LogP contribution in [0.5, 0.6) is 0 Å². The Labute approximate surface area is 79.2 Å². The van der Waals surface area contributed by atoms with E-state index in [9.17, 15) is 0 Å². The molecule has 0 saturated heterocycles. The van der Waals surface area contributed by atoms with Crippen molar-refractivity contribution in [2.75, 3.05) is 6.54 Å². The highest BCUT2D eigenvalue weighted by Crippen LogP contribution is 2.08. The second-order valence-corrected chi connectivity index (χ2v) is 3.38. The fourth-order valence-corrected chi connectivity index (χ4v) is 1.41. The molecule has 0 amide bonds. The number of hydrogen-bond donors (Lipinski definition) is 1. The molecule has 1 atom stereocenters. The van der Waals surface area contributed by atoms with Crippen LogP contribution in [0.15, 0.2) is 6.33 Å². The molecular weight excluding hydrogens is 164 g/mol. The molecule has 4 heteroatoms. The molecule has 1 aromatic heterocycles. The van der Waals surface area contributed by atoms with E-state index in [1.165, 1.54) is 0 Å². The van der Waals surface area contributed by atoms with Gasteiger partial charge in [0, 0.05) is 13.0 Å². The number of nitrogens with two attached hydrogens (primary N) is 1. The number of aromatic nitrogens is 3. The molecule has 0 aliphatic heterocycles. The molecule has 0 fully saturated rings. The average molecular weight is 182 g/mol. The van der Waals surface area contributed by atoms with Crippen molar-refractivity contribution < 1.29 is 0 Å². The molecule has 0 bridgehead atoms. The Morgan fingerprint density at radius 1 is 1.62 bits per heavy atom. The van der Waals surface area contributed by atoms with Crippen LogP contribution in [0, 0.1) is 5.92 Å². The zero-order chi connectivity index (χ0) is 9.68. The van der Waals surface area contributed by atoms with E-state index in [0.717, 1.165) is 31.8 Å². The summed E-state index contributed by atoms with van der Waals surface area (Å²) < 4.78 is 1.94. The standard InChI is InChI=1S/C9H18N4/c1-3-13-9(11-7-12-13)6-8(2)4-5-10/h7-8H,3-6,10H2,1-2H3. The monoisotopic (exact) mass is 182 g/mol. The van der Waals surface area contributed by atoms with E-state index < -0.39 is 0 Å². The maximum Gasteiger partial charge on any atom is 0.138 e. The zero-order valence-electron chi connectivity index (χ0n) is 8.40. The van der Waals surface area contributed by atoms with E-state index in [0.29, 0.717) is 5.92 Å². The molecule has 0 radical (unpaired) electrons. The first-order chi connectivity index (χ1) is 6.27. The van der Waals surface area contributed by atoms with Crippen LogP contribution in [0.1, 0.15) is 26.1 Å². The first-order valence-corrected chi connectivity index (χ1v) is 4.84. The van der Waals surface area contributed by atoms with Crippen LogP contribution in [0.25, 0.3) is 0 Å². The molecule has 1 rings (SSSR count). The highest BCUT2D eigenvalue weighted by molar-refractivity contribution is 4.86. The van der Waals surface area contributed by atoms with Crippen LogP contribution in [0.2, 0.25) is 0 Å². The lowest BCUT2D eigenvalue weighted by Gasteiger charge is -2.09. The van der Waals surface area contributed by atoms with E-state index in [2.05, 4.69) is 23.9 Å². The molecule has 0 aliphatic carbocycles. The molecule has 0 aromatic carbocycles. The highest BCUT2D eigenvalue weighted by atomic mass is 15.3. The van der Waals surface area contributed by atoms with Gasteiger partial charge in [-0.25, -0.2) is 4.98 Å². The summed E-state index contributed by atoms with van der Waals surface area (Å²) in [6.07, 6.45) is 3.65. The summed E-state index contributed by atoms with van der Waals surface area (Å²) in [4.78, 5) is 4.22. The molecule has 0 saturated carbocycles. The molecular formula is C9H18N4. The third-order valence-corrected chi connectivity index (χ3v) is 2.19. The Bertz CT molecular complexity index is 244. The molecule has 1 heterocycles. The van der Waals surface area contributed by atoms with E-state index in [-0.39, 0.29) is 0 Å². The maximum atomic E-state index is 5.49. The second-order valence-electron chi connectivity index (χ2n) is 3.38. The largest absolute Gasteiger partial charge is 0.330 e. The Kier molecular flexibility index (Phi) is 3.89. The predicted octanol–water partition coefficient (Wildman–Crippen LogP) is 0.825. The summed E-state index contributed by atoms with van der Waals surface area (Å²) in [7, 11) is 0. The van der Waals surface area contributed by atoms with Gasteiger partial charge in [0.05, 0.1) is 0 Å². The minimum atomic E-state index is 0.597. The lowest BCUT2D eigenvalue weighted by atomic mass is 10.0. The third-order valence-electron chi connectivity index (χ3n) is 2.19. The smallest absolute Gasteiger partial charge is 0.138 e. The van der Waals surface area contributed by atoms with Crippen molar-refractivity contribution in [3.8, 4) is 0 Å². The summed E-state index contributed by atoms with van der Waals surface area (Å²) in [5.74, 6) is 1.67. The minimum Gasteiger partial charge on any atom is -0.330 e. The molecule has 4 nitrogen and oxygen atoms in total. The van der Waals surface area contributed by atoms with Gasteiger partial charge < -0.3 is 5.73 Å². The number of aryl methyl sites for hydroxylation is 1. The summed E-state index contributed by atoms with van der Waals surface area (Å²) in [6.45, 7) is 5.92. The van der Waals surface area contributed by atoms with Crippen LogP contribution in [0.4, 0.5) is 0 Å². The molecule has 0 spiro atoms. The van der Waals surface area contributed by atoms with Crippen LogP contribution < -0.4 is 5.73 Å². The average Bonchev–Trinajstić information content (AvgIpc) is 2.52. The molecule has 1 aromatic rings. The lowest BCUT2D eigenvalue weighted by Crippen LogP contribution is -2.12. The zero-order valence-corrected chi connectivity index (χ0v) is 8.40. The van der Waals surface area contributed by atoms with Crippen LogP contribution >= 0.6 is 0 Å². The summed E-state index contributed by atoms with van der Waals surface area (Å²) in [5.41, 5.74) is 5.49. The van der Waals surface area contributed by atoms with Crippen molar-refractivity contribution in [2.45, 2.75) is 33.2 Å². The van der Waals surface area contributed by atoms with Crippen molar-refractivity contribution in [1.29, 1.82) is 0 Å².